The SMILES string of the molecule is CC(Cc1ccccc1)NC1CCC(C)c2ccccc21. The van der Waals surface area contributed by atoms with Crippen LogP contribution in [0.2, 0.25) is 0 Å². The van der Waals surface area contributed by atoms with Gasteiger partial charge in [-0.25, -0.2) is 0 Å². The molecule has 0 saturated carbocycles. The molecular weight excluding hydrogens is 254 g/mol. The molecule has 110 valence electrons. The van der Waals surface area contributed by atoms with Crippen LogP contribution >= 0.6 is 0 Å². The van der Waals surface area contributed by atoms with Crippen LogP contribution in [0.25, 0.3) is 0 Å². The first-order valence-electron chi connectivity index (χ1n) is 8.13. The second-order valence-electron chi connectivity index (χ2n) is 6.42. The summed E-state index contributed by atoms with van der Waals surface area (Å²) in [4.78, 5) is 0. The average molecular weight is 279 g/mol. The Kier molecular flexibility index (Phi) is 4.40. The van der Waals surface area contributed by atoms with E-state index in [1.807, 2.05) is 0 Å². The number of rotatable bonds is 4. The van der Waals surface area contributed by atoms with Crippen LogP contribution in [0.5, 0.6) is 0 Å². The summed E-state index contributed by atoms with van der Waals surface area (Å²) in [7, 11) is 0. The lowest BCUT2D eigenvalue weighted by Crippen LogP contribution is -2.34. The van der Waals surface area contributed by atoms with Crippen molar-refractivity contribution in [3.8, 4) is 0 Å². The minimum Gasteiger partial charge on any atom is -0.307 e. The molecule has 21 heavy (non-hydrogen) atoms. The first-order chi connectivity index (χ1) is 10.2. The van der Waals surface area contributed by atoms with Gasteiger partial charge in [-0.1, -0.05) is 61.5 Å². The van der Waals surface area contributed by atoms with Gasteiger partial charge in [-0.3, -0.25) is 0 Å². The standard InChI is InChI=1S/C20H25N/c1-15-12-13-20(19-11-7-6-10-18(15)19)21-16(2)14-17-8-4-3-5-9-17/h3-11,15-16,20-21H,12-14H2,1-2H3. The maximum absolute atomic E-state index is 3.84. The Morgan fingerprint density at radius 3 is 2.38 bits per heavy atom. The molecule has 2 aromatic rings. The third-order valence-electron chi connectivity index (χ3n) is 4.66. The summed E-state index contributed by atoms with van der Waals surface area (Å²) in [5, 5.41) is 3.84. The number of hydrogen-bond acceptors (Lipinski definition) is 1. The fourth-order valence-corrected chi connectivity index (χ4v) is 3.55. The maximum Gasteiger partial charge on any atom is 0.0325 e. The summed E-state index contributed by atoms with van der Waals surface area (Å²) in [6.45, 7) is 4.65. The Hall–Kier alpha value is -1.60. The van der Waals surface area contributed by atoms with Crippen molar-refractivity contribution < 1.29 is 0 Å². The second kappa shape index (κ2) is 6.44. The summed E-state index contributed by atoms with van der Waals surface area (Å²) in [6.07, 6.45) is 3.62. The van der Waals surface area contributed by atoms with Crippen molar-refractivity contribution in [1.29, 1.82) is 0 Å². The van der Waals surface area contributed by atoms with Gasteiger partial charge in [0, 0.05) is 12.1 Å². The largest absolute Gasteiger partial charge is 0.307 e. The zero-order valence-electron chi connectivity index (χ0n) is 13.0. The summed E-state index contributed by atoms with van der Waals surface area (Å²) in [5.41, 5.74) is 4.46. The third-order valence-corrected chi connectivity index (χ3v) is 4.66. The lowest BCUT2D eigenvalue weighted by molar-refractivity contribution is 0.389. The van der Waals surface area contributed by atoms with Crippen LogP contribution in [0.4, 0.5) is 0 Å². The molecule has 1 aliphatic rings. The van der Waals surface area contributed by atoms with Gasteiger partial charge in [-0.05, 0) is 48.8 Å². The van der Waals surface area contributed by atoms with Gasteiger partial charge in [0.25, 0.3) is 0 Å². The zero-order chi connectivity index (χ0) is 14.7. The number of nitrogens with one attached hydrogen (secondary N) is 1. The summed E-state index contributed by atoms with van der Waals surface area (Å²) >= 11 is 0. The van der Waals surface area contributed by atoms with E-state index in [2.05, 4.69) is 73.8 Å². The van der Waals surface area contributed by atoms with Crippen molar-refractivity contribution in [2.75, 3.05) is 0 Å². The Balaban J connectivity index is 1.69. The maximum atomic E-state index is 3.84. The van der Waals surface area contributed by atoms with Gasteiger partial charge in [0.05, 0.1) is 0 Å². The molecule has 0 aromatic heterocycles. The molecule has 1 N–H and O–H groups in total. The molecule has 0 saturated heterocycles. The van der Waals surface area contributed by atoms with Crippen LogP contribution in [0.1, 0.15) is 55.3 Å². The number of fused-ring (bicyclic) bond motifs is 1. The van der Waals surface area contributed by atoms with Crippen molar-refractivity contribution in [2.24, 2.45) is 0 Å². The fraction of sp³-hybridized carbons (Fsp3) is 0.400. The van der Waals surface area contributed by atoms with Gasteiger partial charge in [0.2, 0.25) is 0 Å². The van der Waals surface area contributed by atoms with Crippen LogP contribution in [0.3, 0.4) is 0 Å². The van der Waals surface area contributed by atoms with E-state index in [0.29, 0.717) is 18.0 Å². The highest BCUT2D eigenvalue weighted by Crippen LogP contribution is 2.37. The highest BCUT2D eigenvalue weighted by molar-refractivity contribution is 5.35. The van der Waals surface area contributed by atoms with Gasteiger partial charge in [-0.2, -0.15) is 0 Å². The van der Waals surface area contributed by atoms with Crippen LogP contribution < -0.4 is 5.32 Å². The quantitative estimate of drug-likeness (QED) is 0.844. The lowest BCUT2D eigenvalue weighted by Gasteiger charge is -2.32. The van der Waals surface area contributed by atoms with Crippen molar-refractivity contribution in [2.45, 2.75) is 51.1 Å². The van der Waals surface area contributed by atoms with Crippen LogP contribution in [0, 0.1) is 0 Å². The Bertz CT molecular complexity index is 575. The van der Waals surface area contributed by atoms with Crippen LogP contribution in [-0.4, -0.2) is 6.04 Å². The average Bonchev–Trinajstić information content (AvgIpc) is 2.51. The molecule has 1 nitrogen and oxygen atoms in total. The molecule has 3 rings (SSSR count). The van der Waals surface area contributed by atoms with E-state index >= 15 is 0 Å². The van der Waals surface area contributed by atoms with Crippen molar-refractivity contribution in [1.82, 2.24) is 5.32 Å². The van der Waals surface area contributed by atoms with E-state index < -0.39 is 0 Å². The van der Waals surface area contributed by atoms with E-state index in [0.717, 1.165) is 6.42 Å². The highest BCUT2D eigenvalue weighted by atomic mass is 14.9. The monoisotopic (exact) mass is 279 g/mol. The number of benzene rings is 2. The van der Waals surface area contributed by atoms with Gasteiger partial charge < -0.3 is 5.32 Å². The van der Waals surface area contributed by atoms with Gasteiger partial charge in [0.15, 0.2) is 0 Å². The van der Waals surface area contributed by atoms with E-state index in [1.165, 1.54) is 29.5 Å². The third kappa shape index (κ3) is 3.36. The molecule has 0 fully saturated rings. The normalized spacial score (nSPS) is 22.6. The summed E-state index contributed by atoms with van der Waals surface area (Å²) in [5.74, 6) is 0.698. The lowest BCUT2D eigenvalue weighted by atomic mass is 9.81. The van der Waals surface area contributed by atoms with Crippen molar-refractivity contribution >= 4 is 0 Å². The molecule has 2 aromatic carbocycles. The predicted molar refractivity (Wildman–Crippen MR) is 89.6 cm³/mol. The molecular formula is C20H25N. The molecule has 0 amide bonds. The van der Waals surface area contributed by atoms with E-state index in [1.54, 1.807) is 0 Å². The summed E-state index contributed by atoms with van der Waals surface area (Å²) in [6, 6.07) is 20.7. The minimum absolute atomic E-state index is 0.499. The minimum atomic E-state index is 0.499. The molecule has 1 aliphatic carbocycles. The molecule has 3 atom stereocenters. The molecule has 0 heterocycles. The molecule has 0 bridgehead atoms. The molecule has 0 aliphatic heterocycles. The Morgan fingerprint density at radius 2 is 1.62 bits per heavy atom. The second-order valence-corrected chi connectivity index (χ2v) is 6.42. The van der Waals surface area contributed by atoms with Crippen LogP contribution in [-0.2, 0) is 6.42 Å². The van der Waals surface area contributed by atoms with Gasteiger partial charge in [0.1, 0.15) is 0 Å². The van der Waals surface area contributed by atoms with E-state index in [9.17, 15) is 0 Å². The van der Waals surface area contributed by atoms with Crippen LogP contribution in [0.15, 0.2) is 54.6 Å². The van der Waals surface area contributed by atoms with E-state index in [-0.39, 0.29) is 0 Å². The zero-order valence-corrected chi connectivity index (χ0v) is 13.0. The topological polar surface area (TPSA) is 12.0 Å². The molecule has 0 radical (unpaired) electrons. The first kappa shape index (κ1) is 14.3. The summed E-state index contributed by atoms with van der Waals surface area (Å²) < 4.78 is 0. The predicted octanol–water partition coefficient (Wildman–Crippen LogP) is 4.85. The van der Waals surface area contributed by atoms with Crippen molar-refractivity contribution in [3.63, 3.8) is 0 Å². The van der Waals surface area contributed by atoms with E-state index in [4.69, 9.17) is 0 Å². The first-order valence-corrected chi connectivity index (χ1v) is 8.13. The van der Waals surface area contributed by atoms with Gasteiger partial charge in [-0.15, -0.1) is 0 Å². The van der Waals surface area contributed by atoms with Gasteiger partial charge >= 0.3 is 0 Å². The fourth-order valence-electron chi connectivity index (χ4n) is 3.55. The smallest absolute Gasteiger partial charge is 0.0325 e. The molecule has 1 heteroatoms. The Labute approximate surface area is 128 Å². The highest BCUT2D eigenvalue weighted by Gasteiger charge is 2.25. The molecule has 0 spiro atoms. The Morgan fingerprint density at radius 1 is 0.952 bits per heavy atom. The molecule has 3 unspecified atom stereocenters. The number of hydrogen-bond donors (Lipinski definition) is 1. The van der Waals surface area contributed by atoms with Crippen molar-refractivity contribution in [3.05, 3.63) is 71.3 Å².